The molecule has 0 bridgehead atoms. The fourth-order valence-electron chi connectivity index (χ4n) is 5.99. The lowest BCUT2D eigenvalue weighted by Gasteiger charge is -2.33. The number of aromatic nitrogens is 3. The molecule has 2 atom stereocenters. The molecule has 1 aliphatic carbocycles. The Morgan fingerprint density at radius 3 is 2.71 bits per heavy atom. The maximum atomic E-state index is 13.0. The normalized spacial score (nSPS) is 22.8. The molecule has 4 heterocycles. The van der Waals surface area contributed by atoms with E-state index in [1.807, 2.05) is 36.5 Å². The van der Waals surface area contributed by atoms with Crippen molar-refractivity contribution in [3.63, 3.8) is 0 Å². The fraction of sp³-hybridized carbons (Fsp3) is 0.300. The monoisotopic (exact) mass is 506 g/mol. The highest BCUT2D eigenvalue weighted by Gasteiger charge is 2.65. The molecule has 7 rings (SSSR count). The Bertz CT molecular complexity index is 1570. The van der Waals surface area contributed by atoms with E-state index in [9.17, 15) is 4.79 Å². The van der Waals surface area contributed by atoms with E-state index in [2.05, 4.69) is 67.7 Å². The Labute approximate surface area is 221 Å². The first-order chi connectivity index (χ1) is 18.5. The first kappa shape index (κ1) is 23.0. The molecular weight excluding hydrogens is 476 g/mol. The van der Waals surface area contributed by atoms with Crippen molar-refractivity contribution in [2.45, 2.75) is 17.8 Å². The Morgan fingerprint density at radius 1 is 1.05 bits per heavy atom. The van der Waals surface area contributed by atoms with Crippen molar-refractivity contribution in [1.29, 1.82) is 0 Å². The third-order valence-corrected chi connectivity index (χ3v) is 8.37. The highest BCUT2D eigenvalue weighted by molar-refractivity contribution is 6.10. The summed E-state index contributed by atoms with van der Waals surface area (Å²) < 4.78 is 5.42. The number of benzene rings is 2. The number of nitrogens with one attached hydrogen (secondary N) is 2. The van der Waals surface area contributed by atoms with Crippen molar-refractivity contribution in [1.82, 2.24) is 20.1 Å². The number of nitrogens with zero attached hydrogens (tertiary/aromatic N) is 4. The van der Waals surface area contributed by atoms with Crippen LogP contribution in [0, 0.1) is 0 Å². The van der Waals surface area contributed by atoms with Crippen molar-refractivity contribution in [3.8, 4) is 5.75 Å². The maximum Gasteiger partial charge on any atom is 0.235 e. The first-order valence-electron chi connectivity index (χ1n) is 13.1. The summed E-state index contributed by atoms with van der Waals surface area (Å²) in [4.78, 5) is 22.4. The predicted octanol–water partition coefficient (Wildman–Crippen LogP) is 4.27. The molecule has 8 heteroatoms. The van der Waals surface area contributed by atoms with Gasteiger partial charge in [0, 0.05) is 49.4 Å². The number of carbonyl (C=O) groups is 1. The van der Waals surface area contributed by atoms with E-state index in [-0.39, 0.29) is 11.8 Å². The number of hydrogen-bond donors (Lipinski definition) is 2. The third kappa shape index (κ3) is 3.67. The van der Waals surface area contributed by atoms with E-state index in [1.54, 1.807) is 7.11 Å². The highest BCUT2D eigenvalue weighted by Crippen LogP contribution is 2.65. The van der Waals surface area contributed by atoms with E-state index in [4.69, 9.17) is 4.74 Å². The van der Waals surface area contributed by atoms with Crippen LogP contribution in [0.4, 0.5) is 11.5 Å². The molecule has 8 nitrogen and oxygen atoms in total. The molecule has 38 heavy (non-hydrogen) atoms. The molecular formula is C30H30N6O2. The van der Waals surface area contributed by atoms with E-state index < -0.39 is 5.41 Å². The standard InChI is InChI=1S/C30H30N6O2/c1-35-11-13-36(14-12-35)28-10-4-19(18-31-28)3-8-25-22-7-5-20(15-27(22)34-33-25)24-17-30(24)23-16-21(38-2)6-9-26(23)32-29(30)37/h3-10,15-16,18,24H,11-14,17H2,1-2H3,(H,32,37)(H,33,34)/t24-,30-/m1/s1. The molecule has 1 saturated carbocycles. The van der Waals surface area contributed by atoms with E-state index in [0.29, 0.717) is 0 Å². The van der Waals surface area contributed by atoms with Gasteiger partial charge in [0.1, 0.15) is 11.6 Å². The third-order valence-electron chi connectivity index (χ3n) is 8.37. The number of piperazine rings is 1. The lowest BCUT2D eigenvalue weighted by molar-refractivity contribution is -0.118. The largest absolute Gasteiger partial charge is 0.497 e. The zero-order valence-electron chi connectivity index (χ0n) is 21.6. The molecule has 2 aromatic carbocycles. The maximum absolute atomic E-state index is 13.0. The molecule has 3 aliphatic rings. The average Bonchev–Trinajstić information content (AvgIpc) is 3.49. The Balaban J connectivity index is 1.09. The van der Waals surface area contributed by atoms with Crippen LogP contribution >= 0.6 is 0 Å². The quantitative estimate of drug-likeness (QED) is 0.421. The van der Waals surface area contributed by atoms with Crippen molar-refractivity contribution < 1.29 is 9.53 Å². The van der Waals surface area contributed by atoms with Gasteiger partial charge in [0.05, 0.1) is 23.7 Å². The fourth-order valence-corrected chi connectivity index (χ4v) is 5.99. The van der Waals surface area contributed by atoms with Gasteiger partial charge in [0.15, 0.2) is 0 Å². The summed E-state index contributed by atoms with van der Waals surface area (Å²) in [6.07, 6.45) is 6.79. The van der Waals surface area contributed by atoms with Gasteiger partial charge in [-0.15, -0.1) is 0 Å². The number of carbonyl (C=O) groups excluding carboxylic acids is 1. The van der Waals surface area contributed by atoms with Gasteiger partial charge in [0.2, 0.25) is 5.91 Å². The van der Waals surface area contributed by atoms with Crippen LogP contribution in [0.5, 0.6) is 5.75 Å². The molecule has 1 spiro atoms. The molecule has 0 unspecified atom stereocenters. The lowest BCUT2D eigenvalue weighted by Crippen LogP contribution is -2.44. The van der Waals surface area contributed by atoms with Crippen LogP contribution in [-0.2, 0) is 10.2 Å². The van der Waals surface area contributed by atoms with Crippen LogP contribution in [-0.4, -0.2) is 66.3 Å². The number of aromatic amines is 1. The minimum absolute atomic E-state index is 0.0753. The molecule has 0 radical (unpaired) electrons. The molecule has 2 aliphatic heterocycles. The van der Waals surface area contributed by atoms with Gasteiger partial charge in [-0.2, -0.15) is 5.10 Å². The topological polar surface area (TPSA) is 86.4 Å². The summed E-state index contributed by atoms with van der Waals surface area (Å²) in [5.41, 5.74) is 5.45. The summed E-state index contributed by atoms with van der Waals surface area (Å²) in [5.74, 6) is 2.01. The number of rotatable bonds is 5. The predicted molar refractivity (Wildman–Crippen MR) is 150 cm³/mol. The van der Waals surface area contributed by atoms with Crippen LogP contribution < -0.4 is 15.0 Å². The second-order valence-corrected chi connectivity index (χ2v) is 10.6. The van der Waals surface area contributed by atoms with Crippen molar-refractivity contribution in [2.24, 2.45) is 0 Å². The molecule has 2 fully saturated rings. The summed E-state index contributed by atoms with van der Waals surface area (Å²) in [6.45, 7) is 4.14. The smallest absolute Gasteiger partial charge is 0.235 e. The summed E-state index contributed by atoms with van der Waals surface area (Å²) in [6, 6.07) is 16.4. The van der Waals surface area contributed by atoms with Gasteiger partial charge >= 0.3 is 0 Å². The Hall–Kier alpha value is -4.17. The number of methoxy groups -OCH3 is 1. The van der Waals surface area contributed by atoms with Crippen LogP contribution in [0.25, 0.3) is 23.1 Å². The molecule has 4 aromatic rings. The molecule has 2 aromatic heterocycles. The van der Waals surface area contributed by atoms with Crippen molar-refractivity contribution in [2.75, 3.05) is 50.6 Å². The van der Waals surface area contributed by atoms with Gasteiger partial charge in [0.25, 0.3) is 0 Å². The Kier molecular flexibility index (Phi) is 5.26. The first-order valence-corrected chi connectivity index (χ1v) is 13.1. The van der Waals surface area contributed by atoms with Crippen LogP contribution in [0.15, 0.2) is 54.7 Å². The van der Waals surface area contributed by atoms with Gasteiger partial charge in [-0.05, 0) is 72.6 Å². The van der Waals surface area contributed by atoms with Crippen LogP contribution in [0.3, 0.4) is 0 Å². The zero-order valence-corrected chi connectivity index (χ0v) is 21.6. The summed E-state index contributed by atoms with van der Waals surface area (Å²) in [5, 5.41) is 11.9. The number of anilines is 2. The molecule has 1 saturated heterocycles. The average molecular weight is 507 g/mol. The number of hydrogen-bond acceptors (Lipinski definition) is 6. The molecule has 2 N–H and O–H groups in total. The second kappa shape index (κ2) is 8.70. The van der Waals surface area contributed by atoms with Gasteiger partial charge in [-0.25, -0.2) is 4.98 Å². The molecule has 192 valence electrons. The summed E-state index contributed by atoms with van der Waals surface area (Å²) in [7, 11) is 3.81. The number of fused-ring (bicyclic) bond motifs is 3. The van der Waals surface area contributed by atoms with Gasteiger partial charge < -0.3 is 19.9 Å². The van der Waals surface area contributed by atoms with E-state index in [1.165, 1.54) is 0 Å². The SMILES string of the molecule is COc1ccc2c(c1)[C@@]1(C[C@@H]1c1ccc3c(C=Cc4ccc(N5CCN(C)CC5)nc4)n[nH]c3c1)C(=O)N2. The number of amides is 1. The van der Waals surface area contributed by atoms with E-state index in [0.717, 1.165) is 83.1 Å². The van der Waals surface area contributed by atoms with Gasteiger partial charge in [-0.1, -0.05) is 18.2 Å². The summed E-state index contributed by atoms with van der Waals surface area (Å²) >= 11 is 0. The number of ether oxygens (including phenoxy) is 1. The van der Waals surface area contributed by atoms with Crippen LogP contribution in [0.1, 0.15) is 34.7 Å². The number of likely N-dealkylation sites (N-methyl/N-ethyl adjacent to an activating group) is 1. The van der Waals surface area contributed by atoms with Crippen LogP contribution in [0.2, 0.25) is 0 Å². The zero-order chi connectivity index (χ0) is 25.9. The van der Waals surface area contributed by atoms with Gasteiger partial charge in [-0.3, -0.25) is 9.89 Å². The second-order valence-electron chi connectivity index (χ2n) is 10.6. The lowest BCUT2D eigenvalue weighted by atomic mass is 9.91. The van der Waals surface area contributed by atoms with Crippen molar-refractivity contribution in [3.05, 3.63) is 77.1 Å². The minimum atomic E-state index is -0.510. The number of pyridine rings is 1. The Morgan fingerprint density at radius 2 is 1.92 bits per heavy atom. The minimum Gasteiger partial charge on any atom is -0.497 e. The highest BCUT2D eigenvalue weighted by atomic mass is 16.5. The van der Waals surface area contributed by atoms with Crippen molar-refractivity contribution >= 4 is 40.5 Å². The molecule has 1 amide bonds. The number of H-pyrrole nitrogens is 1. The van der Waals surface area contributed by atoms with E-state index >= 15 is 0 Å².